The van der Waals surface area contributed by atoms with Crippen molar-refractivity contribution in [3.05, 3.63) is 24.0 Å². The molecule has 1 aliphatic heterocycles. The number of nitrogen functional groups attached to an aromatic ring is 1. The first-order chi connectivity index (χ1) is 7.59. The van der Waals surface area contributed by atoms with Gasteiger partial charge in [0.15, 0.2) is 0 Å². The lowest BCUT2D eigenvalue weighted by Crippen LogP contribution is -2.32. The van der Waals surface area contributed by atoms with Crippen LogP contribution in [0, 0.1) is 17.7 Å². The summed E-state index contributed by atoms with van der Waals surface area (Å²) >= 11 is 0. The van der Waals surface area contributed by atoms with E-state index in [2.05, 4.69) is 0 Å². The lowest BCUT2D eigenvalue weighted by Gasteiger charge is -2.16. The number of nitrogens with two attached hydrogens (primary N) is 1. The normalized spacial score (nSPS) is 27.2. The smallest absolute Gasteiger partial charge is 0.237 e. The summed E-state index contributed by atoms with van der Waals surface area (Å²) < 4.78 is 13.2. The van der Waals surface area contributed by atoms with Crippen LogP contribution < -0.4 is 10.6 Å². The number of hydrogen-bond donors (Lipinski definition) is 1. The maximum absolute atomic E-state index is 13.2. The van der Waals surface area contributed by atoms with Crippen LogP contribution in [0.5, 0.6) is 0 Å². The Morgan fingerprint density at radius 2 is 1.88 bits per heavy atom. The van der Waals surface area contributed by atoms with Gasteiger partial charge in [-0.05, 0) is 18.6 Å². The van der Waals surface area contributed by atoms with Gasteiger partial charge in [0.05, 0.1) is 23.2 Å². The van der Waals surface area contributed by atoms with Crippen molar-refractivity contribution in [3.8, 4) is 0 Å². The summed E-state index contributed by atoms with van der Waals surface area (Å²) in [4.78, 5) is 24.5. The van der Waals surface area contributed by atoms with Gasteiger partial charge in [-0.25, -0.2) is 9.29 Å². The number of hydrogen-bond acceptors (Lipinski definition) is 3. The lowest BCUT2D eigenvalue weighted by atomic mass is 10.2. The molecule has 0 radical (unpaired) electrons. The first-order valence-electron chi connectivity index (χ1n) is 5.02. The number of anilines is 2. The van der Waals surface area contributed by atoms with E-state index in [1.54, 1.807) is 0 Å². The van der Waals surface area contributed by atoms with E-state index in [9.17, 15) is 14.0 Å². The maximum atomic E-state index is 13.2. The number of benzene rings is 1. The van der Waals surface area contributed by atoms with Crippen molar-refractivity contribution in [1.29, 1.82) is 0 Å². The van der Waals surface area contributed by atoms with Crippen molar-refractivity contribution in [1.82, 2.24) is 0 Å². The predicted molar refractivity (Wildman–Crippen MR) is 54.9 cm³/mol. The van der Waals surface area contributed by atoms with E-state index in [0.717, 1.165) is 11.0 Å². The van der Waals surface area contributed by atoms with Gasteiger partial charge in [-0.15, -0.1) is 0 Å². The van der Waals surface area contributed by atoms with Crippen molar-refractivity contribution in [2.45, 2.75) is 6.42 Å². The van der Waals surface area contributed by atoms with Gasteiger partial charge in [-0.1, -0.05) is 0 Å². The van der Waals surface area contributed by atoms with Gasteiger partial charge in [-0.3, -0.25) is 9.59 Å². The molecule has 82 valence electrons. The molecule has 4 nitrogen and oxygen atoms in total. The van der Waals surface area contributed by atoms with Crippen molar-refractivity contribution < 1.29 is 14.0 Å². The fraction of sp³-hybridized carbons (Fsp3) is 0.273. The molecule has 1 saturated carbocycles. The Hall–Kier alpha value is -1.91. The first-order valence-corrected chi connectivity index (χ1v) is 5.02. The van der Waals surface area contributed by atoms with Crippen LogP contribution in [-0.2, 0) is 9.59 Å². The Morgan fingerprint density at radius 3 is 2.44 bits per heavy atom. The molecule has 1 aliphatic carbocycles. The average Bonchev–Trinajstić information content (AvgIpc) is 2.98. The van der Waals surface area contributed by atoms with Gasteiger partial charge in [0.2, 0.25) is 11.8 Å². The minimum absolute atomic E-state index is 0.00741. The average molecular weight is 220 g/mol. The number of carbonyl (C=O) groups is 2. The van der Waals surface area contributed by atoms with Gasteiger partial charge >= 0.3 is 0 Å². The predicted octanol–water partition coefficient (Wildman–Crippen LogP) is 0.917. The molecule has 2 aliphatic rings. The summed E-state index contributed by atoms with van der Waals surface area (Å²) in [5.41, 5.74) is 5.61. The Labute approximate surface area is 90.8 Å². The number of piperidine rings is 1. The number of rotatable bonds is 1. The number of amides is 2. The minimum Gasteiger partial charge on any atom is -0.396 e. The van der Waals surface area contributed by atoms with Crippen LogP contribution in [-0.4, -0.2) is 11.8 Å². The molecular formula is C11H9FN2O2. The highest BCUT2D eigenvalue weighted by atomic mass is 19.1. The van der Waals surface area contributed by atoms with Gasteiger partial charge in [0.25, 0.3) is 0 Å². The molecule has 2 unspecified atom stereocenters. The Balaban J connectivity index is 2.01. The van der Waals surface area contributed by atoms with Crippen LogP contribution in [0.2, 0.25) is 0 Å². The molecule has 1 aromatic carbocycles. The standard InChI is InChI=1S/C11H9FN2O2/c12-8-3-5(1-2-9(8)13)14-10(15)6-4-7(6)11(14)16/h1-3,6-7H,4,13H2. The third-order valence-corrected chi connectivity index (χ3v) is 3.11. The molecule has 2 N–H and O–H groups in total. The molecule has 16 heavy (non-hydrogen) atoms. The molecule has 1 aromatic rings. The summed E-state index contributed by atoms with van der Waals surface area (Å²) in [7, 11) is 0. The zero-order valence-corrected chi connectivity index (χ0v) is 8.31. The number of fused-ring (bicyclic) bond motifs is 1. The van der Waals surface area contributed by atoms with Gasteiger partial charge < -0.3 is 5.73 Å². The van der Waals surface area contributed by atoms with Crippen LogP contribution in [0.1, 0.15) is 6.42 Å². The van der Waals surface area contributed by atoms with Crippen LogP contribution in [0.15, 0.2) is 18.2 Å². The molecule has 2 fully saturated rings. The quantitative estimate of drug-likeness (QED) is 0.565. The third-order valence-electron chi connectivity index (χ3n) is 3.11. The lowest BCUT2D eigenvalue weighted by molar-refractivity contribution is -0.123. The Morgan fingerprint density at radius 1 is 1.25 bits per heavy atom. The Kier molecular flexibility index (Phi) is 1.64. The van der Waals surface area contributed by atoms with Gasteiger partial charge in [0.1, 0.15) is 5.82 Å². The second-order valence-corrected chi connectivity index (χ2v) is 4.17. The van der Waals surface area contributed by atoms with Crippen LogP contribution >= 0.6 is 0 Å². The third kappa shape index (κ3) is 1.08. The van der Waals surface area contributed by atoms with Crippen molar-refractivity contribution >= 4 is 23.2 Å². The Bertz CT molecular complexity index is 495. The maximum Gasteiger partial charge on any atom is 0.237 e. The number of imide groups is 1. The van der Waals surface area contributed by atoms with E-state index >= 15 is 0 Å². The van der Waals surface area contributed by atoms with Crippen molar-refractivity contribution in [2.24, 2.45) is 11.8 Å². The molecule has 3 rings (SSSR count). The molecular weight excluding hydrogens is 211 g/mol. The van der Waals surface area contributed by atoms with E-state index in [1.807, 2.05) is 0 Å². The summed E-state index contributed by atoms with van der Waals surface area (Å²) in [6.45, 7) is 0. The highest BCUT2D eigenvalue weighted by Crippen LogP contribution is 2.48. The molecule has 2 atom stereocenters. The van der Waals surface area contributed by atoms with E-state index in [-0.39, 0.29) is 35.0 Å². The number of carbonyl (C=O) groups excluding carboxylic acids is 2. The second-order valence-electron chi connectivity index (χ2n) is 4.17. The fourth-order valence-corrected chi connectivity index (χ4v) is 2.09. The second kappa shape index (κ2) is 2.81. The largest absolute Gasteiger partial charge is 0.396 e. The van der Waals surface area contributed by atoms with Crippen LogP contribution in [0.4, 0.5) is 15.8 Å². The van der Waals surface area contributed by atoms with E-state index in [4.69, 9.17) is 5.73 Å². The number of nitrogens with zero attached hydrogens (tertiary/aromatic N) is 1. The minimum atomic E-state index is -0.612. The summed E-state index contributed by atoms with van der Waals surface area (Å²) in [5.74, 6) is -1.40. The number of halogens is 1. The zero-order chi connectivity index (χ0) is 11.4. The van der Waals surface area contributed by atoms with Crippen molar-refractivity contribution in [2.75, 3.05) is 10.6 Å². The van der Waals surface area contributed by atoms with E-state index in [0.29, 0.717) is 6.42 Å². The van der Waals surface area contributed by atoms with Gasteiger partial charge in [-0.2, -0.15) is 0 Å². The monoisotopic (exact) mass is 220 g/mol. The molecule has 2 amide bonds. The topological polar surface area (TPSA) is 63.4 Å². The molecule has 0 spiro atoms. The summed E-state index contributed by atoms with van der Waals surface area (Å²) in [6.07, 6.45) is 0.644. The van der Waals surface area contributed by atoms with E-state index < -0.39 is 5.82 Å². The SMILES string of the molecule is Nc1ccc(N2C(=O)C3CC3C2=O)cc1F. The molecule has 0 aromatic heterocycles. The van der Waals surface area contributed by atoms with Crippen LogP contribution in [0.25, 0.3) is 0 Å². The zero-order valence-electron chi connectivity index (χ0n) is 8.31. The van der Waals surface area contributed by atoms with Crippen LogP contribution in [0.3, 0.4) is 0 Å². The van der Waals surface area contributed by atoms with Gasteiger partial charge in [0, 0.05) is 6.07 Å². The van der Waals surface area contributed by atoms with E-state index in [1.165, 1.54) is 12.1 Å². The molecule has 1 heterocycles. The van der Waals surface area contributed by atoms with Crippen molar-refractivity contribution in [3.63, 3.8) is 0 Å². The molecule has 0 bridgehead atoms. The summed E-state index contributed by atoms with van der Waals surface area (Å²) in [5, 5.41) is 0. The highest BCUT2D eigenvalue weighted by Gasteiger charge is 2.59. The first kappa shape index (κ1) is 9.33. The molecule has 1 saturated heterocycles. The fourth-order valence-electron chi connectivity index (χ4n) is 2.09. The molecule has 5 heteroatoms. The summed E-state index contributed by atoms with van der Waals surface area (Å²) in [6, 6.07) is 3.96. The highest BCUT2D eigenvalue weighted by molar-refractivity contribution is 6.24.